The maximum absolute atomic E-state index is 13.0. The van der Waals surface area contributed by atoms with Crippen LogP contribution in [-0.4, -0.2) is 85.8 Å². The third-order valence-electron chi connectivity index (χ3n) is 5.73. The van der Waals surface area contributed by atoms with Crippen LogP contribution in [0.25, 0.3) is 0 Å². The third-order valence-corrected chi connectivity index (χ3v) is 5.94. The monoisotopic (exact) mass is 439 g/mol. The van der Waals surface area contributed by atoms with E-state index in [2.05, 4.69) is 4.98 Å². The SMILES string of the molecule is CO[C@H]1CC[C@H]2CCN(C)C(=O)CCCN(C)C(=O)c3cc(Cl)cnc3OC[C@@H]1O2. The fourth-order valence-corrected chi connectivity index (χ4v) is 4.01. The van der Waals surface area contributed by atoms with Gasteiger partial charge >= 0.3 is 0 Å². The highest BCUT2D eigenvalue weighted by Crippen LogP contribution is 2.27. The summed E-state index contributed by atoms with van der Waals surface area (Å²) in [4.78, 5) is 32.9. The first-order valence-corrected chi connectivity index (χ1v) is 10.7. The van der Waals surface area contributed by atoms with Crippen molar-refractivity contribution >= 4 is 23.4 Å². The zero-order chi connectivity index (χ0) is 21.7. The van der Waals surface area contributed by atoms with Crippen LogP contribution in [-0.2, 0) is 14.3 Å². The van der Waals surface area contributed by atoms with Gasteiger partial charge in [-0.05, 0) is 31.7 Å². The molecular formula is C21H30ClN3O5. The van der Waals surface area contributed by atoms with E-state index >= 15 is 0 Å². The Morgan fingerprint density at radius 2 is 1.97 bits per heavy atom. The van der Waals surface area contributed by atoms with E-state index in [9.17, 15) is 9.59 Å². The molecule has 8 nitrogen and oxygen atoms in total. The van der Waals surface area contributed by atoms with Crippen molar-refractivity contribution in [3.8, 4) is 5.88 Å². The fraction of sp³-hybridized carbons (Fsp3) is 0.667. The van der Waals surface area contributed by atoms with Crippen molar-refractivity contribution < 1.29 is 23.8 Å². The number of aromatic nitrogens is 1. The van der Waals surface area contributed by atoms with Crippen molar-refractivity contribution in [1.29, 1.82) is 0 Å². The normalized spacial score (nSPS) is 26.9. The fourth-order valence-electron chi connectivity index (χ4n) is 3.85. The van der Waals surface area contributed by atoms with Gasteiger partial charge in [-0.25, -0.2) is 4.98 Å². The van der Waals surface area contributed by atoms with E-state index in [0.717, 1.165) is 19.3 Å². The molecular weight excluding hydrogens is 410 g/mol. The molecule has 3 heterocycles. The highest BCUT2D eigenvalue weighted by atomic mass is 35.5. The average molecular weight is 440 g/mol. The molecule has 0 aromatic carbocycles. The molecule has 2 bridgehead atoms. The van der Waals surface area contributed by atoms with Crippen molar-refractivity contribution in [3.63, 3.8) is 0 Å². The lowest BCUT2D eigenvalue weighted by Gasteiger charge is -2.36. The highest BCUT2D eigenvalue weighted by molar-refractivity contribution is 6.30. The summed E-state index contributed by atoms with van der Waals surface area (Å²) >= 11 is 6.08. The van der Waals surface area contributed by atoms with E-state index in [1.54, 1.807) is 30.0 Å². The van der Waals surface area contributed by atoms with E-state index in [4.69, 9.17) is 25.8 Å². The van der Waals surface area contributed by atoms with Crippen molar-refractivity contribution in [3.05, 3.63) is 22.8 Å². The van der Waals surface area contributed by atoms with Gasteiger partial charge in [0.05, 0.1) is 17.2 Å². The number of nitrogens with zero attached hydrogens (tertiary/aromatic N) is 3. The Hall–Kier alpha value is -1.90. The Bertz CT molecular complexity index is 762. The van der Waals surface area contributed by atoms with E-state index < -0.39 is 0 Å². The molecule has 166 valence electrons. The minimum absolute atomic E-state index is 0.0265. The second-order valence-electron chi connectivity index (χ2n) is 7.90. The van der Waals surface area contributed by atoms with Crippen LogP contribution in [0.3, 0.4) is 0 Å². The summed E-state index contributed by atoms with van der Waals surface area (Å²) in [5, 5.41) is 0.356. The van der Waals surface area contributed by atoms with Crippen LogP contribution in [0.15, 0.2) is 12.3 Å². The number of ether oxygens (including phenoxy) is 3. The van der Waals surface area contributed by atoms with Gasteiger partial charge in [-0.15, -0.1) is 0 Å². The highest BCUT2D eigenvalue weighted by Gasteiger charge is 2.33. The Morgan fingerprint density at radius 3 is 2.73 bits per heavy atom. The number of hydrogen-bond donors (Lipinski definition) is 0. The number of halogens is 1. The first-order valence-electron chi connectivity index (χ1n) is 10.3. The quantitative estimate of drug-likeness (QED) is 0.668. The lowest BCUT2D eigenvalue weighted by molar-refractivity contribution is -0.145. The summed E-state index contributed by atoms with van der Waals surface area (Å²) in [5.74, 6) is 0.0388. The molecule has 0 N–H and O–H groups in total. The molecule has 0 unspecified atom stereocenters. The number of pyridine rings is 1. The second-order valence-corrected chi connectivity index (χ2v) is 8.34. The van der Waals surface area contributed by atoms with Crippen LogP contribution in [0, 0.1) is 0 Å². The number of carbonyl (C=O) groups excluding carboxylic acids is 2. The molecule has 3 rings (SSSR count). The lowest BCUT2D eigenvalue weighted by atomic mass is 9.99. The Morgan fingerprint density at radius 1 is 1.17 bits per heavy atom. The first kappa shape index (κ1) is 22.8. The zero-order valence-electron chi connectivity index (χ0n) is 17.8. The second kappa shape index (κ2) is 10.4. The van der Waals surface area contributed by atoms with Gasteiger partial charge < -0.3 is 24.0 Å². The first-order chi connectivity index (χ1) is 14.4. The molecule has 1 saturated heterocycles. The molecule has 3 atom stereocenters. The number of amides is 2. The molecule has 9 heteroatoms. The predicted octanol–water partition coefficient (Wildman–Crippen LogP) is 2.39. The van der Waals surface area contributed by atoms with Crippen molar-refractivity contribution in [2.75, 3.05) is 40.9 Å². The summed E-state index contributed by atoms with van der Waals surface area (Å²) in [6, 6.07) is 1.56. The van der Waals surface area contributed by atoms with Crippen molar-refractivity contribution in [2.45, 2.75) is 50.4 Å². The summed E-state index contributed by atoms with van der Waals surface area (Å²) in [6.45, 7) is 1.29. The number of carbonyl (C=O) groups is 2. The zero-order valence-corrected chi connectivity index (χ0v) is 18.6. The van der Waals surface area contributed by atoms with E-state index in [1.807, 2.05) is 7.05 Å². The van der Waals surface area contributed by atoms with Crippen LogP contribution in [0.5, 0.6) is 5.88 Å². The molecule has 0 aliphatic carbocycles. The molecule has 1 aromatic heterocycles. The topological polar surface area (TPSA) is 81.2 Å². The Labute approximate surface area is 182 Å². The van der Waals surface area contributed by atoms with Crippen LogP contribution in [0.1, 0.15) is 42.5 Å². The van der Waals surface area contributed by atoms with Crippen molar-refractivity contribution in [2.24, 2.45) is 0 Å². The molecule has 1 aromatic rings. The van der Waals surface area contributed by atoms with Crippen LogP contribution in [0.2, 0.25) is 5.02 Å². The van der Waals surface area contributed by atoms with E-state index in [1.165, 1.54) is 6.20 Å². The molecule has 2 aliphatic rings. The average Bonchev–Trinajstić information content (AvgIpc) is 2.75. The number of rotatable bonds is 1. The maximum atomic E-state index is 13.0. The number of fused-ring (bicyclic) bond motifs is 3. The molecule has 2 aliphatic heterocycles. The predicted molar refractivity (Wildman–Crippen MR) is 112 cm³/mol. The van der Waals surface area contributed by atoms with Gasteiger partial charge in [0.1, 0.15) is 18.3 Å². The Kier molecular flexibility index (Phi) is 7.91. The molecule has 0 radical (unpaired) electrons. The van der Waals surface area contributed by atoms with Gasteiger partial charge in [0.2, 0.25) is 11.8 Å². The lowest BCUT2D eigenvalue weighted by Crippen LogP contribution is -2.44. The van der Waals surface area contributed by atoms with E-state index in [-0.39, 0.29) is 42.6 Å². The molecule has 0 saturated carbocycles. The van der Waals surface area contributed by atoms with Gasteiger partial charge in [0.15, 0.2) is 0 Å². The summed E-state index contributed by atoms with van der Waals surface area (Å²) in [7, 11) is 5.16. The van der Waals surface area contributed by atoms with Crippen molar-refractivity contribution in [1.82, 2.24) is 14.8 Å². The van der Waals surface area contributed by atoms with Crippen LogP contribution >= 0.6 is 11.6 Å². The minimum Gasteiger partial charge on any atom is -0.474 e. The molecule has 2 amide bonds. The smallest absolute Gasteiger partial charge is 0.259 e. The third kappa shape index (κ3) is 5.62. The van der Waals surface area contributed by atoms with Gasteiger partial charge in [-0.3, -0.25) is 9.59 Å². The molecule has 30 heavy (non-hydrogen) atoms. The summed E-state index contributed by atoms with van der Waals surface area (Å²) in [6.07, 6.45) is 4.52. The van der Waals surface area contributed by atoms with E-state index in [0.29, 0.717) is 36.5 Å². The van der Waals surface area contributed by atoms with Gasteiger partial charge in [-0.1, -0.05) is 11.6 Å². The van der Waals surface area contributed by atoms with Crippen LogP contribution < -0.4 is 4.74 Å². The van der Waals surface area contributed by atoms with Gasteiger partial charge in [0, 0.05) is 46.9 Å². The summed E-state index contributed by atoms with van der Waals surface area (Å²) in [5.41, 5.74) is 0.293. The number of methoxy groups -OCH3 is 1. The molecule has 0 spiro atoms. The van der Waals surface area contributed by atoms with Gasteiger partial charge in [0.25, 0.3) is 5.91 Å². The largest absolute Gasteiger partial charge is 0.474 e. The Balaban J connectivity index is 1.85. The minimum atomic E-state index is -0.291. The maximum Gasteiger partial charge on any atom is 0.259 e. The van der Waals surface area contributed by atoms with Crippen LogP contribution in [0.4, 0.5) is 0 Å². The van der Waals surface area contributed by atoms with Gasteiger partial charge in [-0.2, -0.15) is 0 Å². The summed E-state index contributed by atoms with van der Waals surface area (Å²) < 4.78 is 17.7. The number of hydrogen-bond acceptors (Lipinski definition) is 6. The molecule has 1 fully saturated rings. The standard InChI is InChI=1S/C21H30ClN3O5/c1-24-10-8-15-6-7-17(28-3)18(30-15)13-29-20-16(11-14(22)12-23-20)21(27)25(2)9-4-5-19(24)26/h11-12,15,17-18H,4-10,13H2,1-3H3/t15-,17-,18-/m0/s1.